The highest BCUT2D eigenvalue weighted by Gasteiger charge is 1.99. The van der Waals surface area contributed by atoms with Gasteiger partial charge in [-0.15, -0.1) is 10.2 Å². The van der Waals surface area contributed by atoms with Crippen LogP contribution in [0.3, 0.4) is 0 Å². The Morgan fingerprint density at radius 3 is 2.62 bits per heavy atom. The highest BCUT2D eigenvalue weighted by atomic mass is 79.9. The van der Waals surface area contributed by atoms with Crippen molar-refractivity contribution in [1.82, 2.24) is 20.0 Å². The topological polar surface area (TPSA) is 43.6 Å². The summed E-state index contributed by atoms with van der Waals surface area (Å²) in [7, 11) is 0. The van der Waals surface area contributed by atoms with Gasteiger partial charge in [-0.1, -0.05) is 0 Å². The molecule has 2 rings (SSSR count). The van der Waals surface area contributed by atoms with Crippen molar-refractivity contribution in [3.8, 4) is 5.82 Å². The molecule has 0 saturated carbocycles. The van der Waals surface area contributed by atoms with Crippen molar-refractivity contribution >= 4 is 15.9 Å². The van der Waals surface area contributed by atoms with Gasteiger partial charge in [0.15, 0.2) is 5.82 Å². The summed E-state index contributed by atoms with van der Waals surface area (Å²) in [4.78, 5) is 0. The average molecular weight is 239 g/mol. The largest absolute Gasteiger partial charge is 0.221 e. The fourth-order valence-electron chi connectivity index (χ4n) is 0.974. The number of aryl methyl sites for hydroxylation is 1. The maximum atomic E-state index is 4.21. The Kier molecular flexibility index (Phi) is 2.10. The van der Waals surface area contributed by atoms with E-state index in [1.54, 1.807) is 4.68 Å². The Balaban J connectivity index is 2.41. The first kappa shape index (κ1) is 8.37. The number of hydrogen-bond acceptors (Lipinski definition) is 3. The van der Waals surface area contributed by atoms with Crippen molar-refractivity contribution in [2.24, 2.45) is 0 Å². The van der Waals surface area contributed by atoms with Crippen LogP contribution in [-0.4, -0.2) is 20.0 Å². The second-order valence-electron chi connectivity index (χ2n) is 2.62. The molecule has 0 radical (unpaired) electrons. The summed E-state index contributed by atoms with van der Waals surface area (Å²) in [5, 5.41) is 12.0. The third-order valence-corrected chi connectivity index (χ3v) is 2.00. The molecule has 5 heteroatoms. The van der Waals surface area contributed by atoms with E-state index in [1.165, 1.54) is 0 Å². The molecule has 0 aromatic carbocycles. The van der Waals surface area contributed by atoms with E-state index < -0.39 is 0 Å². The van der Waals surface area contributed by atoms with Gasteiger partial charge in [-0.2, -0.15) is 5.10 Å². The minimum Gasteiger partial charge on any atom is -0.221 e. The van der Waals surface area contributed by atoms with E-state index in [2.05, 4.69) is 31.2 Å². The molecular weight excluding hydrogens is 232 g/mol. The van der Waals surface area contributed by atoms with Gasteiger partial charge in [-0.25, -0.2) is 4.68 Å². The van der Waals surface area contributed by atoms with Gasteiger partial charge in [0.05, 0.1) is 5.69 Å². The highest BCUT2D eigenvalue weighted by Crippen LogP contribution is 2.07. The minimum absolute atomic E-state index is 0.719. The first-order valence-electron chi connectivity index (χ1n) is 3.77. The van der Waals surface area contributed by atoms with Crippen LogP contribution < -0.4 is 0 Å². The molecule has 0 aliphatic carbocycles. The second-order valence-corrected chi connectivity index (χ2v) is 3.43. The van der Waals surface area contributed by atoms with Gasteiger partial charge < -0.3 is 0 Å². The summed E-state index contributed by atoms with van der Waals surface area (Å²) in [6.45, 7) is 1.93. The van der Waals surface area contributed by atoms with Gasteiger partial charge in [0, 0.05) is 6.20 Å². The second kappa shape index (κ2) is 3.26. The van der Waals surface area contributed by atoms with Crippen LogP contribution in [0.1, 0.15) is 5.69 Å². The van der Waals surface area contributed by atoms with Crippen LogP contribution in [0, 0.1) is 6.92 Å². The molecule has 0 bridgehead atoms. The van der Waals surface area contributed by atoms with E-state index in [1.807, 2.05) is 31.3 Å². The lowest BCUT2D eigenvalue weighted by Gasteiger charge is -1.97. The van der Waals surface area contributed by atoms with Crippen LogP contribution in [0.5, 0.6) is 0 Å². The van der Waals surface area contributed by atoms with E-state index in [0.29, 0.717) is 0 Å². The van der Waals surface area contributed by atoms with Gasteiger partial charge in [-0.05, 0) is 41.1 Å². The summed E-state index contributed by atoms with van der Waals surface area (Å²) in [5.41, 5.74) is 0.963. The van der Waals surface area contributed by atoms with Gasteiger partial charge in [-0.3, -0.25) is 0 Å². The molecule has 13 heavy (non-hydrogen) atoms. The van der Waals surface area contributed by atoms with E-state index >= 15 is 0 Å². The molecule has 66 valence electrons. The van der Waals surface area contributed by atoms with Gasteiger partial charge in [0.25, 0.3) is 0 Å². The molecule has 0 atom stereocenters. The van der Waals surface area contributed by atoms with Gasteiger partial charge >= 0.3 is 0 Å². The van der Waals surface area contributed by atoms with E-state index in [4.69, 9.17) is 0 Å². The molecule has 4 nitrogen and oxygen atoms in total. The minimum atomic E-state index is 0.719. The van der Waals surface area contributed by atoms with Crippen LogP contribution >= 0.6 is 15.9 Å². The smallest absolute Gasteiger partial charge is 0.175 e. The molecule has 0 fully saturated rings. The Morgan fingerprint density at radius 1 is 1.23 bits per heavy atom. The summed E-state index contributed by atoms with van der Waals surface area (Å²) in [6, 6.07) is 5.60. The van der Waals surface area contributed by atoms with Crippen LogP contribution in [0.4, 0.5) is 0 Å². The molecule has 0 unspecified atom stereocenters. The molecule has 2 aromatic heterocycles. The molecule has 0 aliphatic heterocycles. The van der Waals surface area contributed by atoms with E-state index in [0.717, 1.165) is 16.1 Å². The lowest BCUT2D eigenvalue weighted by molar-refractivity contribution is 0.799. The molecule has 2 heterocycles. The van der Waals surface area contributed by atoms with Crippen molar-refractivity contribution in [3.05, 3.63) is 34.7 Å². The Hall–Kier alpha value is -1.23. The molecule has 0 N–H and O–H groups in total. The Labute approximate surface area is 83.7 Å². The van der Waals surface area contributed by atoms with Crippen molar-refractivity contribution < 1.29 is 0 Å². The molecule has 0 saturated heterocycles. The molecule has 0 spiro atoms. The molecular formula is C8H7BrN4. The van der Waals surface area contributed by atoms with Crippen LogP contribution in [0.25, 0.3) is 5.82 Å². The number of halogens is 1. The maximum Gasteiger partial charge on any atom is 0.175 e. The van der Waals surface area contributed by atoms with Crippen molar-refractivity contribution in [2.45, 2.75) is 6.92 Å². The van der Waals surface area contributed by atoms with Crippen molar-refractivity contribution in [1.29, 1.82) is 0 Å². The predicted molar refractivity (Wildman–Crippen MR) is 51.6 cm³/mol. The zero-order chi connectivity index (χ0) is 9.26. The fraction of sp³-hybridized carbons (Fsp3) is 0.125. The normalized spacial score (nSPS) is 10.3. The Bertz CT molecular complexity index is 406. The first-order valence-corrected chi connectivity index (χ1v) is 4.57. The highest BCUT2D eigenvalue weighted by molar-refractivity contribution is 9.10. The number of aromatic nitrogens is 4. The Morgan fingerprint density at radius 2 is 2.08 bits per heavy atom. The van der Waals surface area contributed by atoms with Gasteiger partial charge in [0.1, 0.15) is 4.60 Å². The zero-order valence-electron chi connectivity index (χ0n) is 6.98. The SMILES string of the molecule is Cc1ccn(-c2ccc(Br)nn2)n1. The molecule has 0 aliphatic rings. The lowest BCUT2D eigenvalue weighted by atomic mass is 10.5. The summed E-state index contributed by atoms with van der Waals surface area (Å²) < 4.78 is 2.41. The standard InChI is InChI=1S/C8H7BrN4/c1-6-4-5-13(12-6)8-3-2-7(9)10-11-8/h2-5H,1H3. The average Bonchev–Trinajstić information content (AvgIpc) is 2.53. The summed E-state index contributed by atoms with van der Waals surface area (Å²) >= 11 is 3.22. The van der Waals surface area contributed by atoms with Crippen LogP contribution in [0.2, 0.25) is 0 Å². The number of rotatable bonds is 1. The van der Waals surface area contributed by atoms with Crippen molar-refractivity contribution in [3.63, 3.8) is 0 Å². The first-order chi connectivity index (χ1) is 6.25. The van der Waals surface area contributed by atoms with Gasteiger partial charge in [0.2, 0.25) is 0 Å². The summed E-state index contributed by atoms with van der Waals surface area (Å²) in [6.07, 6.45) is 1.85. The third-order valence-electron chi connectivity index (χ3n) is 1.58. The van der Waals surface area contributed by atoms with Crippen molar-refractivity contribution in [2.75, 3.05) is 0 Å². The lowest BCUT2D eigenvalue weighted by Crippen LogP contribution is -1.99. The fourth-order valence-corrected chi connectivity index (χ4v) is 1.19. The van der Waals surface area contributed by atoms with E-state index in [9.17, 15) is 0 Å². The quantitative estimate of drug-likeness (QED) is 0.761. The van der Waals surface area contributed by atoms with E-state index in [-0.39, 0.29) is 0 Å². The molecule has 0 amide bonds. The third kappa shape index (κ3) is 1.75. The van der Waals surface area contributed by atoms with Crippen LogP contribution in [-0.2, 0) is 0 Å². The maximum absolute atomic E-state index is 4.21. The zero-order valence-corrected chi connectivity index (χ0v) is 8.56. The number of hydrogen-bond donors (Lipinski definition) is 0. The number of nitrogens with zero attached hydrogens (tertiary/aromatic N) is 4. The molecule has 2 aromatic rings. The summed E-state index contributed by atoms with van der Waals surface area (Å²) in [5.74, 6) is 0.719. The predicted octanol–water partition coefficient (Wildman–Crippen LogP) is 1.73. The van der Waals surface area contributed by atoms with Crippen LogP contribution in [0.15, 0.2) is 29.0 Å². The monoisotopic (exact) mass is 238 g/mol.